The Morgan fingerprint density at radius 2 is 1.63 bits per heavy atom. The maximum Gasteiger partial charge on any atom is 0.337 e. The molecule has 52 heavy (non-hydrogen) atoms. The van der Waals surface area contributed by atoms with E-state index >= 15 is 0 Å². The van der Waals surface area contributed by atoms with Crippen molar-refractivity contribution in [3.63, 3.8) is 0 Å². The number of hydrogen-bond acceptors (Lipinski definition) is 6. The number of nitrogens with zero attached hydrogens (tertiary/aromatic N) is 1. The van der Waals surface area contributed by atoms with Crippen molar-refractivity contribution in [1.82, 2.24) is 10.2 Å². The molecule has 0 bridgehead atoms. The van der Waals surface area contributed by atoms with E-state index in [4.69, 9.17) is 4.74 Å². The number of carbonyl (C=O) groups excluding carboxylic acids is 1. The summed E-state index contributed by atoms with van der Waals surface area (Å²) in [6.07, 6.45) is 18.5. The van der Waals surface area contributed by atoms with Gasteiger partial charge in [-0.05, 0) is 139 Å². The van der Waals surface area contributed by atoms with Crippen LogP contribution < -0.4 is 5.32 Å². The van der Waals surface area contributed by atoms with Crippen molar-refractivity contribution in [1.29, 1.82) is 0 Å². The molecule has 0 spiro atoms. The van der Waals surface area contributed by atoms with Crippen LogP contribution in [-0.2, 0) is 14.6 Å². The molecule has 1 heterocycles. The summed E-state index contributed by atoms with van der Waals surface area (Å²) in [5.74, 6) is 3.53. The highest BCUT2D eigenvalue weighted by atomic mass is 32.2. The van der Waals surface area contributed by atoms with E-state index in [2.05, 4.69) is 76.6 Å². The number of esters is 1. The third-order valence-electron chi connectivity index (χ3n) is 16.8. The number of benzene rings is 1. The van der Waals surface area contributed by atoms with Gasteiger partial charge in [0.25, 0.3) is 0 Å². The van der Waals surface area contributed by atoms with Gasteiger partial charge >= 0.3 is 5.97 Å². The van der Waals surface area contributed by atoms with E-state index < -0.39 is 9.84 Å². The topological polar surface area (TPSA) is 75.7 Å². The van der Waals surface area contributed by atoms with E-state index in [0.717, 1.165) is 25.1 Å². The third-order valence-corrected chi connectivity index (χ3v) is 18.4. The van der Waals surface area contributed by atoms with Gasteiger partial charge < -0.3 is 15.0 Å². The number of ether oxygens (including phenoxy) is 1. The van der Waals surface area contributed by atoms with Crippen molar-refractivity contribution in [3.05, 3.63) is 65.3 Å². The molecule has 1 saturated heterocycles. The van der Waals surface area contributed by atoms with Gasteiger partial charge in [-0.1, -0.05) is 77.1 Å². The van der Waals surface area contributed by atoms with E-state index in [1.165, 1.54) is 69.6 Å². The minimum absolute atomic E-state index is 0.0786. The molecule has 9 atom stereocenters. The van der Waals surface area contributed by atoms with E-state index in [9.17, 15) is 13.2 Å². The highest BCUT2D eigenvalue weighted by molar-refractivity contribution is 7.91. The number of carbonyl (C=O) groups is 1. The van der Waals surface area contributed by atoms with Crippen LogP contribution in [0.25, 0.3) is 6.08 Å². The Labute approximate surface area is 315 Å². The van der Waals surface area contributed by atoms with Gasteiger partial charge in [0.05, 0.1) is 24.2 Å². The Morgan fingerprint density at radius 1 is 0.923 bits per heavy atom. The van der Waals surface area contributed by atoms with Crippen LogP contribution in [0.4, 0.5) is 0 Å². The number of sulfone groups is 1. The second-order valence-electron chi connectivity index (χ2n) is 19.3. The van der Waals surface area contributed by atoms with Crippen molar-refractivity contribution in [3.8, 4) is 0 Å². The molecule has 6 nitrogen and oxygen atoms in total. The lowest BCUT2D eigenvalue weighted by Crippen LogP contribution is -2.68. The summed E-state index contributed by atoms with van der Waals surface area (Å²) in [6, 6.07) is 7.72. The van der Waals surface area contributed by atoms with Crippen LogP contribution in [0, 0.1) is 51.2 Å². The molecule has 5 fully saturated rings. The zero-order chi connectivity index (χ0) is 37.3. The summed E-state index contributed by atoms with van der Waals surface area (Å²) in [5.41, 5.74) is 5.61. The molecule has 286 valence electrons. The molecule has 1 aromatic carbocycles. The molecule has 0 unspecified atom stereocenters. The Kier molecular flexibility index (Phi) is 9.89. The first-order valence-corrected chi connectivity index (χ1v) is 22.2. The molecule has 7 rings (SSSR count). The maximum atomic E-state index is 12.0. The van der Waals surface area contributed by atoms with Crippen LogP contribution in [0.5, 0.6) is 0 Å². The minimum Gasteiger partial charge on any atom is -0.465 e. The Morgan fingerprint density at radius 3 is 2.31 bits per heavy atom. The second-order valence-corrected chi connectivity index (χ2v) is 21.6. The lowest BCUT2D eigenvalue weighted by molar-refractivity contribution is -0.221. The molecular weight excluding hydrogens is 665 g/mol. The number of allylic oxidation sites excluding steroid dienone is 4. The van der Waals surface area contributed by atoms with Crippen LogP contribution >= 0.6 is 0 Å². The van der Waals surface area contributed by atoms with Crippen LogP contribution in [0.3, 0.4) is 0 Å². The largest absolute Gasteiger partial charge is 0.465 e. The lowest BCUT2D eigenvalue weighted by atomic mass is 9.33. The molecule has 0 radical (unpaired) electrons. The molecule has 0 aromatic heterocycles. The SMILES string of the molecule is C=C(C)[C@@H]1CC[C@]2(NCCN3CCS(=O)(=O)CC3)CC[C@]3(C)[C@H](CC[C@@H]4[C@@]5(C)CC=C(/C=C/c6ccc(C(=O)OC)cc6)C(C)(C)[C@@H]5CC[C@]43C)[C@@H]12. The monoisotopic (exact) mass is 730 g/mol. The third kappa shape index (κ3) is 6.11. The van der Waals surface area contributed by atoms with Gasteiger partial charge in [-0.25, -0.2) is 13.2 Å². The number of hydrogen-bond donors (Lipinski definition) is 1. The predicted molar refractivity (Wildman–Crippen MR) is 213 cm³/mol. The number of nitrogens with one attached hydrogen (secondary N) is 1. The van der Waals surface area contributed by atoms with Gasteiger partial charge in [0, 0.05) is 31.7 Å². The van der Waals surface area contributed by atoms with Crippen LogP contribution in [0.15, 0.2) is 54.1 Å². The Balaban J connectivity index is 1.11. The second kappa shape index (κ2) is 13.5. The quantitative estimate of drug-likeness (QED) is 0.213. The smallest absolute Gasteiger partial charge is 0.337 e. The predicted octanol–water partition coefficient (Wildman–Crippen LogP) is 8.75. The standard InChI is InChI=1S/C45H66N2O4S/c1-31(2)35-18-22-45(46-25-26-47-27-29-52(49,50)30-28-47)24-23-43(6)36(39(35)45)15-16-38-42(5)20-17-34(41(3,4)37(42)19-21-44(38,43)7)14-11-32-9-12-33(13-10-32)40(48)51-8/h9-14,17,35-39,46H,1,15-16,18-30H2,2-8H3/b14-11+/t35-,36+,37-,38+,39+,42-,43+,44+,45-/m0/s1. The lowest BCUT2D eigenvalue weighted by Gasteiger charge is -2.72. The average molecular weight is 731 g/mol. The van der Waals surface area contributed by atoms with Crippen LogP contribution in [0.2, 0.25) is 0 Å². The van der Waals surface area contributed by atoms with Crippen molar-refractivity contribution in [2.75, 3.05) is 44.8 Å². The molecule has 5 aliphatic carbocycles. The summed E-state index contributed by atoms with van der Waals surface area (Å²) < 4.78 is 29.0. The zero-order valence-electron chi connectivity index (χ0n) is 33.2. The van der Waals surface area contributed by atoms with Gasteiger partial charge in [0.15, 0.2) is 9.84 Å². The average Bonchev–Trinajstić information content (AvgIpc) is 3.49. The molecule has 1 aromatic rings. The Bertz CT molecular complexity index is 1710. The fourth-order valence-electron chi connectivity index (χ4n) is 13.8. The maximum absolute atomic E-state index is 12.0. The summed E-state index contributed by atoms with van der Waals surface area (Å²) in [4.78, 5) is 14.3. The van der Waals surface area contributed by atoms with E-state index in [-0.39, 0.29) is 22.3 Å². The van der Waals surface area contributed by atoms with Crippen LogP contribution in [0.1, 0.15) is 115 Å². The molecule has 4 saturated carbocycles. The van der Waals surface area contributed by atoms with Gasteiger partial charge in [-0.3, -0.25) is 0 Å². The van der Waals surface area contributed by atoms with Gasteiger partial charge in [0.2, 0.25) is 0 Å². The molecule has 6 aliphatic rings. The molecule has 1 aliphatic heterocycles. The Hall–Kier alpha value is -2.22. The fourth-order valence-corrected chi connectivity index (χ4v) is 15.1. The zero-order valence-corrected chi connectivity index (χ0v) is 34.0. The summed E-state index contributed by atoms with van der Waals surface area (Å²) in [5, 5.41) is 4.22. The summed E-state index contributed by atoms with van der Waals surface area (Å²) in [7, 11) is -1.43. The van der Waals surface area contributed by atoms with E-state index in [1.807, 2.05) is 24.3 Å². The minimum atomic E-state index is -2.86. The first kappa shape index (κ1) is 38.1. The summed E-state index contributed by atoms with van der Waals surface area (Å²) >= 11 is 0. The molecule has 1 N–H and O–H groups in total. The van der Waals surface area contributed by atoms with Crippen molar-refractivity contribution >= 4 is 21.9 Å². The number of methoxy groups -OCH3 is 1. The molecule has 7 heteroatoms. The molecular formula is C45H66N2O4S. The first-order valence-electron chi connectivity index (χ1n) is 20.4. The number of fused-ring (bicyclic) bond motifs is 7. The van der Waals surface area contributed by atoms with Crippen molar-refractivity contribution in [2.24, 2.45) is 51.2 Å². The van der Waals surface area contributed by atoms with E-state index in [1.54, 1.807) is 0 Å². The van der Waals surface area contributed by atoms with Gasteiger partial charge in [0.1, 0.15) is 0 Å². The fraction of sp³-hybridized carbons (Fsp3) is 0.711. The first-order chi connectivity index (χ1) is 24.5. The van der Waals surface area contributed by atoms with E-state index in [0.29, 0.717) is 70.6 Å². The van der Waals surface area contributed by atoms with Crippen molar-refractivity contribution in [2.45, 2.75) is 105 Å². The number of rotatable bonds is 8. The highest BCUT2D eigenvalue weighted by Gasteiger charge is 2.70. The summed E-state index contributed by atoms with van der Waals surface area (Å²) in [6.45, 7) is 23.2. The highest BCUT2D eigenvalue weighted by Crippen LogP contribution is 2.76. The van der Waals surface area contributed by atoms with Crippen LogP contribution in [-0.4, -0.2) is 69.6 Å². The van der Waals surface area contributed by atoms with Crippen molar-refractivity contribution < 1.29 is 17.9 Å². The van der Waals surface area contributed by atoms with Gasteiger partial charge in [-0.15, -0.1) is 0 Å². The van der Waals surface area contributed by atoms with Gasteiger partial charge in [-0.2, -0.15) is 0 Å². The molecule has 0 amide bonds. The normalized spacial score (nSPS) is 40.9.